The first kappa shape index (κ1) is 16.1. The van der Waals surface area contributed by atoms with E-state index in [0.29, 0.717) is 0 Å². The summed E-state index contributed by atoms with van der Waals surface area (Å²) in [6, 6.07) is 0.000602. The van der Waals surface area contributed by atoms with E-state index in [1.54, 1.807) is 11.9 Å². The molecule has 2 aliphatic rings. The van der Waals surface area contributed by atoms with Crippen LogP contribution in [0, 0.1) is 0 Å². The van der Waals surface area contributed by atoms with Gasteiger partial charge in [0.2, 0.25) is 0 Å². The standard InChI is InChI=1S/C16H28N2O3/c1-15(2)8-7-11-18(15)14(21)17(3)16(12-13(19)20)9-5-4-6-10-16/h4-12H2,1-3H3,(H,19,20). The van der Waals surface area contributed by atoms with Gasteiger partial charge in [0.05, 0.1) is 12.0 Å². The molecule has 5 heteroatoms. The summed E-state index contributed by atoms with van der Waals surface area (Å²) in [6.07, 6.45) is 6.85. The molecule has 5 nitrogen and oxygen atoms in total. The molecule has 1 heterocycles. The fraction of sp³-hybridized carbons (Fsp3) is 0.875. The number of nitrogens with zero attached hydrogens (tertiary/aromatic N) is 2. The molecule has 120 valence electrons. The van der Waals surface area contributed by atoms with Gasteiger partial charge in [-0.25, -0.2) is 4.79 Å². The van der Waals surface area contributed by atoms with Gasteiger partial charge in [0, 0.05) is 19.1 Å². The summed E-state index contributed by atoms with van der Waals surface area (Å²) in [4.78, 5) is 27.9. The molecule has 1 saturated heterocycles. The quantitative estimate of drug-likeness (QED) is 0.870. The van der Waals surface area contributed by atoms with Crippen molar-refractivity contribution in [3.8, 4) is 0 Å². The molecule has 2 amide bonds. The van der Waals surface area contributed by atoms with Crippen LogP contribution in [-0.2, 0) is 4.79 Å². The van der Waals surface area contributed by atoms with E-state index in [1.807, 2.05) is 4.90 Å². The molecule has 1 saturated carbocycles. The minimum absolute atomic E-state index is 0.000602. The molecule has 1 aliphatic carbocycles. The number of carbonyl (C=O) groups is 2. The summed E-state index contributed by atoms with van der Waals surface area (Å²) in [6.45, 7) is 4.96. The van der Waals surface area contributed by atoms with E-state index >= 15 is 0 Å². The van der Waals surface area contributed by atoms with E-state index in [0.717, 1.165) is 51.5 Å². The Labute approximate surface area is 127 Å². The van der Waals surface area contributed by atoms with Gasteiger partial charge in [-0.15, -0.1) is 0 Å². The molecule has 0 radical (unpaired) electrons. The fourth-order valence-electron chi connectivity index (χ4n) is 3.97. The second kappa shape index (κ2) is 5.85. The molecule has 0 spiro atoms. The zero-order valence-electron chi connectivity index (χ0n) is 13.5. The van der Waals surface area contributed by atoms with Crippen LogP contribution in [0.15, 0.2) is 0 Å². The number of carboxylic acid groups (broad SMARTS) is 1. The molecule has 2 fully saturated rings. The van der Waals surface area contributed by atoms with Crippen LogP contribution in [0.2, 0.25) is 0 Å². The number of aliphatic carboxylic acids is 1. The Morgan fingerprint density at radius 1 is 1.10 bits per heavy atom. The topological polar surface area (TPSA) is 60.9 Å². The van der Waals surface area contributed by atoms with E-state index in [4.69, 9.17) is 0 Å². The molecule has 0 aromatic heterocycles. The maximum Gasteiger partial charge on any atom is 0.320 e. The van der Waals surface area contributed by atoms with Crippen LogP contribution in [0.3, 0.4) is 0 Å². The summed E-state index contributed by atoms with van der Waals surface area (Å²) < 4.78 is 0. The van der Waals surface area contributed by atoms with Gasteiger partial charge in [0.1, 0.15) is 0 Å². The smallest absolute Gasteiger partial charge is 0.320 e. The van der Waals surface area contributed by atoms with Gasteiger partial charge >= 0.3 is 12.0 Å². The van der Waals surface area contributed by atoms with Crippen molar-refractivity contribution in [2.24, 2.45) is 0 Å². The largest absolute Gasteiger partial charge is 0.481 e. The Kier molecular flexibility index (Phi) is 4.49. The Bertz CT molecular complexity index is 414. The van der Waals surface area contributed by atoms with Gasteiger partial charge in [0.15, 0.2) is 0 Å². The second-order valence-corrected chi connectivity index (χ2v) is 7.26. The molecular weight excluding hydrogens is 268 g/mol. The van der Waals surface area contributed by atoms with Gasteiger partial charge < -0.3 is 14.9 Å². The van der Waals surface area contributed by atoms with Gasteiger partial charge in [-0.3, -0.25) is 4.79 Å². The number of amides is 2. The van der Waals surface area contributed by atoms with Crippen molar-refractivity contribution in [2.75, 3.05) is 13.6 Å². The lowest BCUT2D eigenvalue weighted by Gasteiger charge is -2.46. The molecule has 1 N–H and O–H groups in total. The Balaban J connectivity index is 2.19. The first-order chi connectivity index (χ1) is 9.78. The van der Waals surface area contributed by atoms with Crippen molar-refractivity contribution in [3.63, 3.8) is 0 Å². The highest BCUT2D eigenvalue weighted by Gasteiger charge is 2.45. The number of likely N-dealkylation sites (tertiary alicyclic amines) is 1. The highest BCUT2D eigenvalue weighted by molar-refractivity contribution is 5.78. The molecule has 2 rings (SSSR count). The van der Waals surface area contributed by atoms with Crippen molar-refractivity contribution in [1.82, 2.24) is 9.80 Å². The third-order valence-corrected chi connectivity index (χ3v) is 5.39. The average Bonchev–Trinajstić information content (AvgIpc) is 2.77. The normalized spacial score (nSPS) is 23.9. The van der Waals surface area contributed by atoms with Crippen LogP contribution in [0.1, 0.15) is 65.2 Å². The maximum atomic E-state index is 12.9. The fourth-order valence-corrected chi connectivity index (χ4v) is 3.97. The number of carboxylic acids is 1. The predicted octanol–water partition coefficient (Wildman–Crippen LogP) is 3.09. The second-order valence-electron chi connectivity index (χ2n) is 7.26. The Morgan fingerprint density at radius 3 is 2.19 bits per heavy atom. The van der Waals surface area contributed by atoms with Crippen molar-refractivity contribution in [1.29, 1.82) is 0 Å². The third-order valence-electron chi connectivity index (χ3n) is 5.39. The number of rotatable bonds is 3. The summed E-state index contributed by atoms with van der Waals surface area (Å²) in [5, 5.41) is 9.28. The number of carbonyl (C=O) groups excluding carboxylic acids is 1. The highest BCUT2D eigenvalue weighted by Crippen LogP contribution is 2.38. The van der Waals surface area contributed by atoms with Crippen LogP contribution >= 0.6 is 0 Å². The Morgan fingerprint density at radius 2 is 1.71 bits per heavy atom. The lowest BCUT2D eigenvalue weighted by atomic mass is 9.78. The summed E-state index contributed by atoms with van der Waals surface area (Å²) in [5.74, 6) is -0.808. The first-order valence-corrected chi connectivity index (χ1v) is 8.06. The van der Waals surface area contributed by atoms with E-state index in [2.05, 4.69) is 13.8 Å². The van der Waals surface area contributed by atoms with Crippen molar-refractivity contribution >= 4 is 12.0 Å². The van der Waals surface area contributed by atoms with Crippen LogP contribution < -0.4 is 0 Å². The zero-order valence-corrected chi connectivity index (χ0v) is 13.5. The summed E-state index contributed by atoms with van der Waals surface area (Å²) in [7, 11) is 1.80. The minimum atomic E-state index is -0.808. The zero-order chi connectivity index (χ0) is 15.7. The summed E-state index contributed by atoms with van der Waals surface area (Å²) in [5.41, 5.74) is -0.621. The van der Waals surface area contributed by atoms with Crippen molar-refractivity contribution in [2.45, 2.75) is 76.3 Å². The molecular formula is C16H28N2O3. The van der Waals surface area contributed by atoms with E-state index < -0.39 is 11.5 Å². The van der Waals surface area contributed by atoms with Gasteiger partial charge in [-0.05, 0) is 39.5 Å². The molecule has 0 aromatic carbocycles. The van der Waals surface area contributed by atoms with Gasteiger partial charge in [-0.1, -0.05) is 19.3 Å². The highest BCUT2D eigenvalue weighted by atomic mass is 16.4. The summed E-state index contributed by atoms with van der Waals surface area (Å²) >= 11 is 0. The van der Waals surface area contributed by atoms with Crippen LogP contribution in [-0.4, -0.2) is 51.6 Å². The minimum Gasteiger partial charge on any atom is -0.481 e. The molecule has 0 aromatic rings. The third kappa shape index (κ3) is 3.16. The molecule has 0 unspecified atom stereocenters. The maximum absolute atomic E-state index is 12.9. The van der Waals surface area contributed by atoms with Gasteiger partial charge in [-0.2, -0.15) is 0 Å². The molecule has 0 atom stereocenters. The molecule has 21 heavy (non-hydrogen) atoms. The average molecular weight is 296 g/mol. The van der Waals surface area contributed by atoms with Crippen LogP contribution in [0.5, 0.6) is 0 Å². The first-order valence-electron chi connectivity index (χ1n) is 8.06. The lowest BCUT2D eigenvalue weighted by Crippen LogP contribution is -2.58. The van der Waals surface area contributed by atoms with Crippen molar-refractivity contribution < 1.29 is 14.7 Å². The number of hydrogen-bond donors (Lipinski definition) is 1. The van der Waals surface area contributed by atoms with E-state index in [1.165, 1.54) is 0 Å². The SMILES string of the molecule is CN(C(=O)N1CCCC1(C)C)C1(CC(=O)O)CCCCC1. The molecule has 0 bridgehead atoms. The molecule has 1 aliphatic heterocycles. The van der Waals surface area contributed by atoms with E-state index in [-0.39, 0.29) is 18.0 Å². The van der Waals surface area contributed by atoms with Crippen LogP contribution in [0.25, 0.3) is 0 Å². The number of urea groups is 1. The van der Waals surface area contributed by atoms with Crippen molar-refractivity contribution in [3.05, 3.63) is 0 Å². The lowest BCUT2D eigenvalue weighted by molar-refractivity contribution is -0.140. The van der Waals surface area contributed by atoms with Gasteiger partial charge in [0.25, 0.3) is 0 Å². The number of hydrogen-bond acceptors (Lipinski definition) is 2. The predicted molar refractivity (Wildman–Crippen MR) is 81.2 cm³/mol. The monoisotopic (exact) mass is 296 g/mol. The van der Waals surface area contributed by atoms with Crippen LogP contribution in [0.4, 0.5) is 4.79 Å². The Hall–Kier alpha value is -1.26. The van der Waals surface area contributed by atoms with E-state index in [9.17, 15) is 14.7 Å².